The Labute approximate surface area is 102 Å². The van der Waals surface area contributed by atoms with Crippen LogP contribution in [-0.4, -0.2) is 11.8 Å². The normalized spacial score (nSPS) is 11.9. The second-order valence-corrected chi connectivity index (χ2v) is 4.48. The van der Waals surface area contributed by atoms with Gasteiger partial charge in [0.2, 0.25) is 11.8 Å². The lowest BCUT2D eigenvalue weighted by Crippen LogP contribution is -2.25. The molecule has 0 spiro atoms. The summed E-state index contributed by atoms with van der Waals surface area (Å²) in [4.78, 5) is 22.2. The lowest BCUT2D eigenvalue weighted by Gasteiger charge is -2.10. The van der Waals surface area contributed by atoms with Crippen LogP contribution in [-0.2, 0) is 9.59 Å². The number of hydrogen-bond acceptors (Lipinski definition) is 2. The molecule has 0 aliphatic rings. The summed E-state index contributed by atoms with van der Waals surface area (Å²) in [6.07, 6.45) is 0.0579. The quantitative estimate of drug-likeness (QED) is 0.886. The van der Waals surface area contributed by atoms with E-state index in [0.29, 0.717) is 5.69 Å². The summed E-state index contributed by atoms with van der Waals surface area (Å²) in [7, 11) is 0. The lowest BCUT2D eigenvalue weighted by atomic mass is 10.1. The highest BCUT2D eigenvalue weighted by atomic mass is 79.9. The first kappa shape index (κ1) is 12.7. The number of carbonyl (C=O) groups is 2. The topological polar surface area (TPSA) is 72.2 Å². The summed E-state index contributed by atoms with van der Waals surface area (Å²) in [5.41, 5.74) is 5.72. The number of carbonyl (C=O) groups excluding carboxylic acids is 2. The van der Waals surface area contributed by atoms with E-state index >= 15 is 0 Å². The van der Waals surface area contributed by atoms with Crippen molar-refractivity contribution in [2.24, 2.45) is 11.7 Å². The molecule has 5 heteroatoms. The van der Waals surface area contributed by atoms with Gasteiger partial charge < -0.3 is 11.1 Å². The van der Waals surface area contributed by atoms with Gasteiger partial charge in [-0.15, -0.1) is 0 Å². The van der Waals surface area contributed by atoms with Gasteiger partial charge in [0.05, 0.1) is 0 Å². The fourth-order valence-corrected chi connectivity index (χ4v) is 1.46. The molecule has 0 saturated heterocycles. The highest BCUT2D eigenvalue weighted by molar-refractivity contribution is 9.10. The van der Waals surface area contributed by atoms with Crippen molar-refractivity contribution in [3.05, 3.63) is 28.7 Å². The first-order valence-electron chi connectivity index (χ1n) is 4.84. The van der Waals surface area contributed by atoms with Crippen molar-refractivity contribution in [3.8, 4) is 0 Å². The van der Waals surface area contributed by atoms with Crippen molar-refractivity contribution in [3.63, 3.8) is 0 Å². The largest absolute Gasteiger partial charge is 0.370 e. The van der Waals surface area contributed by atoms with Crippen LogP contribution < -0.4 is 11.1 Å². The SMILES string of the molecule is CC(CC(N)=O)C(=O)Nc1ccc(Br)cc1. The lowest BCUT2D eigenvalue weighted by molar-refractivity contribution is -0.125. The highest BCUT2D eigenvalue weighted by Gasteiger charge is 2.15. The van der Waals surface area contributed by atoms with E-state index in [-0.39, 0.29) is 12.3 Å². The fourth-order valence-electron chi connectivity index (χ4n) is 1.19. The van der Waals surface area contributed by atoms with Gasteiger partial charge in [-0.1, -0.05) is 22.9 Å². The summed E-state index contributed by atoms with van der Waals surface area (Å²) < 4.78 is 0.940. The molecule has 0 radical (unpaired) electrons. The Morgan fingerprint density at radius 3 is 2.44 bits per heavy atom. The van der Waals surface area contributed by atoms with Crippen LogP contribution in [0.25, 0.3) is 0 Å². The van der Waals surface area contributed by atoms with Gasteiger partial charge in [0.1, 0.15) is 0 Å². The molecule has 0 bridgehead atoms. The molecule has 1 aromatic rings. The highest BCUT2D eigenvalue weighted by Crippen LogP contribution is 2.15. The van der Waals surface area contributed by atoms with Crippen molar-refractivity contribution in [1.29, 1.82) is 0 Å². The molecule has 0 fully saturated rings. The van der Waals surface area contributed by atoms with Gasteiger partial charge in [-0.05, 0) is 24.3 Å². The molecule has 3 N–H and O–H groups in total. The third-order valence-corrected chi connectivity index (χ3v) is 2.60. The Bertz CT molecular complexity index is 389. The van der Waals surface area contributed by atoms with E-state index in [4.69, 9.17) is 5.73 Å². The average Bonchev–Trinajstić information content (AvgIpc) is 2.20. The number of primary amides is 1. The summed E-state index contributed by atoms with van der Waals surface area (Å²) in [6.45, 7) is 1.67. The van der Waals surface area contributed by atoms with Gasteiger partial charge in [0.25, 0.3) is 0 Å². The predicted molar refractivity (Wildman–Crippen MR) is 65.7 cm³/mol. The Balaban J connectivity index is 2.57. The van der Waals surface area contributed by atoms with Crippen molar-refractivity contribution >= 4 is 33.4 Å². The molecule has 0 heterocycles. The molecule has 1 aromatic carbocycles. The van der Waals surface area contributed by atoms with Gasteiger partial charge >= 0.3 is 0 Å². The van der Waals surface area contributed by atoms with Crippen LogP contribution in [0.3, 0.4) is 0 Å². The molecule has 1 atom stereocenters. The third-order valence-electron chi connectivity index (χ3n) is 2.07. The maximum absolute atomic E-state index is 11.6. The van der Waals surface area contributed by atoms with Gasteiger partial charge in [-0.25, -0.2) is 0 Å². The fraction of sp³-hybridized carbons (Fsp3) is 0.273. The Kier molecular flexibility index (Phi) is 4.49. The molecule has 16 heavy (non-hydrogen) atoms. The predicted octanol–water partition coefficient (Wildman–Crippen LogP) is 1.90. The van der Waals surface area contributed by atoms with Crippen molar-refractivity contribution in [1.82, 2.24) is 0 Å². The maximum Gasteiger partial charge on any atom is 0.227 e. The summed E-state index contributed by atoms with van der Waals surface area (Å²) >= 11 is 3.30. The van der Waals surface area contributed by atoms with Crippen LogP contribution in [0.4, 0.5) is 5.69 Å². The minimum atomic E-state index is -0.474. The second-order valence-electron chi connectivity index (χ2n) is 3.57. The van der Waals surface area contributed by atoms with Gasteiger partial charge in [-0.2, -0.15) is 0 Å². The van der Waals surface area contributed by atoms with Crippen LogP contribution >= 0.6 is 15.9 Å². The summed E-state index contributed by atoms with van der Waals surface area (Å²) in [5, 5.41) is 2.71. The molecule has 0 aromatic heterocycles. The van der Waals surface area contributed by atoms with Gasteiger partial charge in [-0.3, -0.25) is 9.59 Å². The molecule has 4 nitrogen and oxygen atoms in total. The van der Waals surface area contributed by atoms with Crippen molar-refractivity contribution in [2.75, 3.05) is 5.32 Å². The number of rotatable bonds is 4. The van der Waals surface area contributed by atoms with E-state index in [1.54, 1.807) is 19.1 Å². The summed E-state index contributed by atoms with van der Waals surface area (Å²) in [5.74, 6) is -1.10. The number of nitrogens with two attached hydrogens (primary N) is 1. The van der Waals surface area contributed by atoms with E-state index in [2.05, 4.69) is 21.2 Å². The molecule has 1 rings (SSSR count). The first-order valence-corrected chi connectivity index (χ1v) is 5.63. The smallest absolute Gasteiger partial charge is 0.227 e. The minimum Gasteiger partial charge on any atom is -0.370 e. The number of amides is 2. The minimum absolute atomic E-state index is 0.0579. The van der Waals surface area contributed by atoms with Crippen LogP contribution in [0.15, 0.2) is 28.7 Å². The Hall–Kier alpha value is -1.36. The standard InChI is InChI=1S/C11H13BrN2O2/c1-7(6-10(13)15)11(16)14-9-4-2-8(12)3-5-9/h2-5,7H,6H2,1H3,(H2,13,15)(H,14,16). The van der Waals surface area contributed by atoms with Crippen molar-refractivity contribution < 1.29 is 9.59 Å². The number of benzene rings is 1. The van der Waals surface area contributed by atoms with Crippen LogP contribution in [0.1, 0.15) is 13.3 Å². The van der Waals surface area contributed by atoms with E-state index in [1.807, 2.05) is 12.1 Å². The zero-order valence-corrected chi connectivity index (χ0v) is 10.5. The number of halogens is 1. The molecule has 86 valence electrons. The first-order chi connectivity index (χ1) is 7.49. The average molecular weight is 285 g/mol. The molecule has 0 aliphatic carbocycles. The molecule has 1 unspecified atom stereocenters. The van der Waals surface area contributed by atoms with Crippen LogP contribution in [0.2, 0.25) is 0 Å². The van der Waals surface area contributed by atoms with E-state index in [9.17, 15) is 9.59 Å². The number of anilines is 1. The van der Waals surface area contributed by atoms with E-state index < -0.39 is 11.8 Å². The molecular weight excluding hydrogens is 272 g/mol. The Morgan fingerprint density at radius 2 is 1.94 bits per heavy atom. The van der Waals surface area contributed by atoms with E-state index in [1.165, 1.54) is 0 Å². The third kappa shape index (κ3) is 4.02. The molecule has 2 amide bonds. The Morgan fingerprint density at radius 1 is 1.38 bits per heavy atom. The molecular formula is C11H13BrN2O2. The zero-order valence-electron chi connectivity index (χ0n) is 8.87. The van der Waals surface area contributed by atoms with Crippen molar-refractivity contribution in [2.45, 2.75) is 13.3 Å². The molecule has 0 saturated carbocycles. The monoisotopic (exact) mass is 284 g/mol. The van der Waals surface area contributed by atoms with Gasteiger partial charge in [0.15, 0.2) is 0 Å². The number of nitrogens with one attached hydrogen (secondary N) is 1. The summed E-state index contributed by atoms with van der Waals surface area (Å²) in [6, 6.07) is 7.21. The maximum atomic E-state index is 11.6. The van der Waals surface area contributed by atoms with E-state index in [0.717, 1.165) is 4.47 Å². The zero-order chi connectivity index (χ0) is 12.1. The van der Waals surface area contributed by atoms with Crippen LogP contribution in [0, 0.1) is 5.92 Å². The van der Waals surface area contributed by atoms with Crippen LogP contribution in [0.5, 0.6) is 0 Å². The molecule has 0 aliphatic heterocycles. The number of hydrogen-bond donors (Lipinski definition) is 2. The van der Waals surface area contributed by atoms with Gasteiger partial charge in [0, 0.05) is 22.5 Å². The second kappa shape index (κ2) is 5.65.